The van der Waals surface area contributed by atoms with Crippen LogP contribution in [0, 0.1) is 5.82 Å². The van der Waals surface area contributed by atoms with Crippen LogP contribution in [0.15, 0.2) is 72.8 Å². The minimum atomic E-state index is -4.00. The summed E-state index contributed by atoms with van der Waals surface area (Å²) in [7, 11) is -4.00. The molecule has 7 nitrogen and oxygen atoms in total. The Hall–Kier alpha value is -3.14. The van der Waals surface area contributed by atoms with Crippen molar-refractivity contribution in [3.8, 4) is 0 Å². The van der Waals surface area contributed by atoms with E-state index < -0.39 is 40.2 Å². The summed E-state index contributed by atoms with van der Waals surface area (Å²) in [6.07, 6.45) is 2.68. The van der Waals surface area contributed by atoms with Gasteiger partial charge in [0.1, 0.15) is 18.4 Å². The second-order valence-corrected chi connectivity index (χ2v) is 12.1. The molecular weight excluding hydrogens is 576 g/mol. The van der Waals surface area contributed by atoms with Crippen LogP contribution in [0.3, 0.4) is 0 Å². The number of anilines is 1. The lowest BCUT2D eigenvalue weighted by molar-refractivity contribution is -0.140. The van der Waals surface area contributed by atoms with Crippen molar-refractivity contribution in [1.29, 1.82) is 0 Å². The number of carbonyl (C=O) groups is 2. The van der Waals surface area contributed by atoms with Gasteiger partial charge in [-0.1, -0.05) is 85.1 Å². The molecule has 0 aromatic heterocycles. The van der Waals surface area contributed by atoms with Crippen molar-refractivity contribution >= 4 is 50.7 Å². The predicted molar refractivity (Wildman–Crippen MR) is 157 cm³/mol. The van der Waals surface area contributed by atoms with Crippen LogP contribution in [0.25, 0.3) is 0 Å². The predicted octanol–water partition coefficient (Wildman–Crippen LogP) is 5.45. The summed E-state index contributed by atoms with van der Waals surface area (Å²) in [5.74, 6) is -1.67. The van der Waals surface area contributed by atoms with Crippen molar-refractivity contribution in [2.24, 2.45) is 0 Å². The zero-order valence-electron chi connectivity index (χ0n) is 22.3. The number of unbranched alkanes of at least 4 members (excludes halogenated alkanes) is 1. The number of nitrogens with zero attached hydrogens (tertiary/aromatic N) is 2. The maximum Gasteiger partial charge on any atom is 0.244 e. The molecule has 40 heavy (non-hydrogen) atoms. The first-order valence-corrected chi connectivity index (χ1v) is 15.4. The standard InChI is InChI=1S/C29H32Cl2FN3O4S/c1-3-4-16-33-29(37)27(17-21-10-6-5-7-11-21)34(19-22-12-8-9-13-25(22)32)28(36)20-35(40(2,38)39)26-15-14-23(30)18-24(26)31/h5-15,18,27H,3-4,16-17,19-20H2,1-2H3,(H,33,37). The number of sulfonamides is 1. The number of hydrogen-bond donors (Lipinski definition) is 1. The van der Waals surface area contributed by atoms with Gasteiger partial charge < -0.3 is 10.2 Å². The van der Waals surface area contributed by atoms with Crippen molar-refractivity contribution in [2.75, 3.05) is 23.7 Å². The zero-order chi connectivity index (χ0) is 29.3. The maximum absolute atomic E-state index is 14.8. The number of rotatable bonds is 13. The van der Waals surface area contributed by atoms with E-state index in [-0.39, 0.29) is 29.2 Å². The Balaban J connectivity index is 2.06. The van der Waals surface area contributed by atoms with Gasteiger partial charge in [0.2, 0.25) is 21.8 Å². The average Bonchev–Trinajstić information content (AvgIpc) is 2.90. The number of benzene rings is 3. The molecular formula is C29H32Cl2FN3O4S. The molecule has 0 aliphatic rings. The van der Waals surface area contributed by atoms with Crippen molar-refractivity contribution in [1.82, 2.24) is 10.2 Å². The monoisotopic (exact) mass is 607 g/mol. The average molecular weight is 609 g/mol. The molecule has 1 atom stereocenters. The molecule has 0 aliphatic carbocycles. The van der Waals surface area contributed by atoms with Gasteiger partial charge >= 0.3 is 0 Å². The number of amides is 2. The van der Waals surface area contributed by atoms with E-state index in [9.17, 15) is 22.4 Å². The van der Waals surface area contributed by atoms with E-state index in [1.165, 1.54) is 41.3 Å². The molecule has 0 heterocycles. The van der Waals surface area contributed by atoms with Gasteiger partial charge in [-0.2, -0.15) is 0 Å². The van der Waals surface area contributed by atoms with Gasteiger partial charge in [0, 0.05) is 30.1 Å². The molecule has 0 fully saturated rings. The summed E-state index contributed by atoms with van der Waals surface area (Å²) >= 11 is 12.3. The first-order chi connectivity index (χ1) is 19.0. The van der Waals surface area contributed by atoms with Crippen molar-refractivity contribution in [2.45, 2.75) is 38.8 Å². The Morgan fingerprint density at radius 1 is 1.00 bits per heavy atom. The maximum atomic E-state index is 14.8. The highest BCUT2D eigenvalue weighted by Gasteiger charge is 2.33. The molecule has 0 aliphatic heterocycles. The van der Waals surface area contributed by atoms with Crippen LogP contribution >= 0.6 is 23.2 Å². The van der Waals surface area contributed by atoms with Gasteiger partial charge in [-0.15, -0.1) is 0 Å². The summed E-state index contributed by atoms with van der Waals surface area (Å²) in [5, 5.41) is 3.20. The molecule has 1 N–H and O–H groups in total. The van der Waals surface area contributed by atoms with E-state index in [1.807, 2.05) is 37.3 Å². The molecule has 1 unspecified atom stereocenters. The highest BCUT2D eigenvalue weighted by Crippen LogP contribution is 2.30. The van der Waals surface area contributed by atoms with Gasteiger partial charge in [-0.05, 0) is 36.2 Å². The van der Waals surface area contributed by atoms with Crippen LogP contribution in [0.1, 0.15) is 30.9 Å². The Morgan fingerprint density at radius 2 is 1.68 bits per heavy atom. The minimum absolute atomic E-state index is 0.0320. The van der Waals surface area contributed by atoms with Crippen LogP contribution in [0.4, 0.5) is 10.1 Å². The molecule has 3 aromatic carbocycles. The lowest BCUT2D eigenvalue weighted by Gasteiger charge is -2.33. The molecule has 0 saturated heterocycles. The van der Waals surface area contributed by atoms with E-state index in [0.29, 0.717) is 11.6 Å². The number of hydrogen-bond acceptors (Lipinski definition) is 4. The van der Waals surface area contributed by atoms with Crippen LogP contribution in [-0.2, 0) is 32.6 Å². The van der Waals surface area contributed by atoms with Crippen molar-refractivity contribution in [3.63, 3.8) is 0 Å². The molecule has 3 rings (SSSR count). The molecule has 0 radical (unpaired) electrons. The second-order valence-electron chi connectivity index (χ2n) is 9.33. The molecule has 0 spiro atoms. The number of nitrogens with one attached hydrogen (secondary N) is 1. The fraction of sp³-hybridized carbons (Fsp3) is 0.310. The lowest BCUT2D eigenvalue weighted by Crippen LogP contribution is -2.53. The van der Waals surface area contributed by atoms with E-state index in [2.05, 4.69) is 5.32 Å². The summed E-state index contributed by atoms with van der Waals surface area (Å²) in [4.78, 5) is 28.7. The topological polar surface area (TPSA) is 86.8 Å². The molecule has 0 saturated carbocycles. The largest absolute Gasteiger partial charge is 0.354 e. The van der Waals surface area contributed by atoms with E-state index in [4.69, 9.17) is 23.2 Å². The smallest absolute Gasteiger partial charge is 0.244 e. The molecule has 2 amide bonds. The zero-order valence-corrected chi connectivity index (χ0v) is 24.6. The van der Waals surface area contributed by atoms with Gasteiger partial charge in [0.25, 0.3) is 0 Å². The fourth-order valence-corrected chi connectivity index (χ4v) is 5.57. The quantitative estimate of drug-likeness (QED) is 0.262. The van der Waals surface area contributed by atoms with Crippen LogP contribution < -0.4 is 9.62 Å². The molecule has 0 bridgehead atoms. The Morgan fingerprint density at radius 3 is 2.30 bits per heavy atom. The normalized spacial score (nSPS) is 12.0. The summed E-state index contributed by atoms with van der Waals surface area (Å²) in [6, 6.07) is 18.3. The Bertz CT molecular complexity index is 1420. The van der Waals surface area contributed by atoms with E-state index in [0.717, 1.165) is 29.0 Å². The number of carbonyl (C=O) groups excluding carboxylic acids is 2. The van der Waals surface area contributed by atoms with Crippen molar-refractivity contribution in [3.05, 3.63) is 99.8 Å². The second kappa shape index (κ2) is 14.5. The Kier molecular flexibility index (Phi) is 11.4. The first-order valence-electron chi connectivity index (χ1n) is 12.8. The third-order valence-corrected chi connectivity index (χ3v) is 7.92. The van der Waals surface area contributed by atoms with Gasteiger partial charge in [0.15, 0.2) is 0 Å². The summed E-state index contributed by atoms with van der Waals surface area (Å²) in [5.41, 5.74) is 1.02. The first kappa shape index (κ1) is 31.4. The van der Waals surface area contributed by atoms with Gasteiger partial charge in [0.05, 0.1) is 17.0 Å². The SMILES string of the molecule is CCCCNC(=O)C(Cc1ccccc1)N(Cc1ccccc1F)C(=O)CN(c1ccc(Cl)cc1Cl)S(C)(=O)=O. The molecule has 3 aromatic rings. The third-order valence-electron chi connectivity index (χ3n) is 6.26. The lowest BCUT2D eigenvalue weighted by atomic mass is 10.0. The summed E-state index contributed by atoms with van der Waals surface area (Å²) < 4.78 is 41.3. The van der Waals surface area contributed by atoms with E-state index in [1.54, 1.807) is 6.07 Å². The van der Waals surface area contributed by atoms with Gasteiger partial charge in [-0.3, -0.25) is 13.9 Å². The third kappa shape index (κ3) is 8.68. The molecule has 214 valence electrons. The highest BCUT2D eigenvalue weighted by molar-refractivity contribution is 7.92. The Labute approximate surface area is 244 Å². The van der Waals surface area contributed by atoms with Crippen LogP contribution in [-0.4, -0.2) is 50.5 Å². The van der Waals surface area contributed by atoms with E-state index >= 15 is 0 Å². The number of halogens is 3. The van der Waals surface area contributed by atoms with Gasteiger partial charge in [-0.25, -0.2) is 12.8 Å². The van der Waals surface area contributed by atoms with Crippen molar-refractivity contribution < 1.29 is 22.4 Å². The van der Waals surface area contributed by atoms with Crippen LogP contribution in [0.2, 0.25) is 10.0 Å². The summed E-state index contributed by atoms with van der Waals surface area (Å²) in [6.45, 7) is 1.47. The molecule has 11 heteroatoms. The van der Waals surface area contributed by atoms with Crippen LogP contribution in [0.5, 0.6) is 0 Å². The fourth-order valence-electron chi connectivity index (χ4n) is 4.15. The minimum Gasteiger partial charge on any atom is -0.354 e. The highest BCUT2D eigenvalue weighted by atomic mass is 35.5.